The minimum absolute atomic E-state index is 0.00150. The number of ether oxygens (including phenoxy) is 2. The van der Waals surface area contributed by atoms with E-state index in [1.807, 2.05) is 0 Å². The third-order valence-corrected chi connectivity index (χ3v) is 6.68. The van der Waals surface area contributed by atoms with Gasteiger partial charge in [-0.05, 0) is 31.2 Å². The van der Waals surface area contributed by atoms with Gasteiger partial charge in [0.05, 0.1) is 15.5 Å². The van der Waals surface area contributed by atoms with Crippen LogP contribution in [0.4, 0.5) is 28.9 Å². The molecule has 0 bridgehead atoms. The normalized spacial score (nSPS) is 12.3. The number of nitrogens with zero attached hydrogens (tertiary/aromatic N) is 3. The Morgan fingerprint density at radius 1 is 1.09 bits per heavy atom. The monoisotopic (exact) mass is 522 g/mol. The van der Waals surface area contributed by atoms with Crippen molar-refractivity contribution in [1.82, 2.24) is 4.31 Å². The van der Waals surface area contributed by atoms with Gasteiger partial charge in [0.25, 0.3) is 5.69 Å². The highest BCUT2D eigenvalue weighted by Crippen LogP contribution is 2.31. The van der Waals surface area contributed by atoms with Crippen molar-refractivity contribution < 1.29 is 40.4 Å². The smallest absolute Gasteiger partial charge is 0.387 e. The molecule has 1 N–H and O–H groups in total. The highest BCUT2D eigenvalue weighted by Gasteiger charge is 2.26. The number of hydrogen-bond donors (Lipinski definition) is 1. The van der Waals surface area contributed by atoms with Gasteiger partial charge in [0.1, 0.15) is 17.2 Å². The van der Waals surface area contributed by atoms with Crippen molar-refractivity contribution in [3.05, 3.63) is 52.1 Å². The third-order valence-electron chi connectivity index (χ3n) is 4.64. The summed E-state index contributed by atoms with van der Waals surface area (Å²) in [6, 6.07) is 6.22. The van der Waals surface area contributed by atoms with Gasteiger partial charge in [-0.25, -0.2) is 8.42 Å². The molecule has 0 saturated carbocycles. The SMILES string of the molecule is CCN(CC)S(=O)(=O)c1ccc(N/N=C(/C)c2ccc(OC(F)F)cc2OC(F)F)c([N+](=O)[O-])c1. The van der Waals surface area contributed by atoms with Crippen LogP contribution in [0.15, 0.2) is 46.4 Å². The first kappa shape index (κ1) is 27.8. The van der Waals surface area contributed by atoms with E-state index in [1.54, 1.807) is 13.8 Å². The summed E-state index contributed by atoms with van der Waals surface area (Å²) >= 11 is 0. The van der Waals surface area contributed by atoms with Crippen molar-refractivity contribution >= 4 is 27.1 Å². The first-order valence-electron chi connectivity index (χ1n) is 10.0. The van der Waals surface area contributed by atoms with E-state index in [0.29, 0.717) is 0 Å². The molecule has 0 atom stereocenters. The molecule has 192 valence electrons. The highest BCUT2D eigenvalue weighted by atomic mass is 32.2. The first-order valence-corrected chi connectivity index (χ1v) is 11.5. The van der Waals surface area contributed by atoms with Crippen LogP contribution in [0.1, 0.15) is 26.3 Å². The van der Waals surface area contributed by atoms with Crippen LogP contribution in [0, 0.1) is 10.1 Å². The number of nitro benzene ring substituents is 1. The van der Waals surface area contributed by atoms with Crippen molar-refractivity contribution in [2.75, 3.05) is 18.5 Å². The van der Waals surface area contributed by atoms with Crippen LogP contribution in [0.25, 0.3) is 0 Å². The second-order valence-electron chi connectivity index (χ2n) is 6.75. The van der Waals surface area contributed by atoms with Crippen LogP contribution in [-0.4, -0.2) is 49.7 Å². The van der Waals surface area contributed by atoms with E-state index in [1.165, 1.54) is 6.92 Å². The molecule has 0 aliphatic heterocycles. The van der Waals surface area contributed by atoms with Crippen LogP contribution >= 0.6 is 0 Å². The minimum atomic E-state index is -3.97. The quantitative estimate of drug-likeness (QED) is 0.186. The number of nitro groups is 1. The first-order chi connectivity index (χ1) is 16.4. The third kappa shape index (κ3) is 7.02. The van der Waals surface area contributed by atoms with Gasteiger partial charge in [0.2, 0.25) is 10.0 Å². The Balaban J connectivity index is 2.42. The molecule has 0 spiro atoms. The van der Waals surface area contributed by atoms with Crippen LogP contribution in [0.5, 0.6) is 11.5 Å². The Kier molecular flexibility index (Phi) is 9.36. The summed E-state index contributed by atoms with van der Waals surface area (Å²) in [4.78, 5) is 10.5. The number of anilines is 1. The number of benzene rings is 2. The lowest BCUT2D eigenvalue weighted by Gasteiger charge is -2.18. The molecule has 0 saturated heterocycles. The zero-order chi connectivity index (χ0) is 26.3. The van der Waals surface area contributed by atoms with Gasteiger partial charge in [-0.2, -0.15) is 27.0 Å². The summed E-state index contributed by atoms with van der Waals surface area (Å²) in [5, 5.41) is 15.5. The summed E-state index contributed by atoms with van der Waals surface area (Å²) in [7, 11) is -3.97. The maximum atomic E-state index is 12.8. The average molecular weight is 522 g/mol. The molecule has 0 aliphatic rings. The van der Waals surface area contributed by atoms with Gasteiger partial charge >= 0.3 is 13.2 Å². The summed E-state index contributed by atoms with van der Waals surface area (Å²) in [5.41, 5.74) is 1.58. The predicted octanol–water partition coefficient (Wildman–Crippen LogP) is 4.66. The van der Waals surface area contributed by atoms with Crippen molar-refractivity contribution in [2.24, 2.45) is 5.10 Å². The van der Waals surface area contributed by atoms with Crippen LogP contribution in [0.3, 0.4) is 0 Å². The number of hydrogen-bond acceptors (Lipinski definition) is 8. The molecule has 0 aromatic heterocycles. The van der Waals surface area contributed by atoms with E-state index >= 15 is 0 Å². The number of sulfonamides is 1. The Labute approximate surface area is 198 Å². The molecular formula is C20H22F4N4O6S. The number of halogens is 4. The molecule has 2 aromatic carbocycles. The van der Waals surface area contributed by atoms with Gasteiger partial charge in [-0.1, -0.05) is 13.8 Å². The van der Waals surface area contributed by atoms with Crippen LogP contribution in [-0.2, 0) is 10.0 Å². The van der Waals surface area contributed by atoms with E-state index in [0.717, 1.165) is 40.7 Å². The maximum Gasteiger partial charge on any atom is 0.387 e. The second kappa shape index (κ2) is 11.8. The standard InChI is InChI=1S/C20H22F4N4O6S/c1-4-27(5-2)35(31,32)14-7-9-16(17(11-14)28(29)30)26-25-12(3)15-8-6-13(33-19(21)22)10-18(15)34-20(23)24/h6-11,19-20,26H,4-5H2,1-3H3/b25-12-. The van der Waals surface area contributed by atoms with Gasteiger partial charge in [-0.3, -0.25) is 15.5 Å². The molecule has 0 heterocycles. The zero-order valence-corrected chi connectivity index (χ0v) is 19.6. The molecule has 35 heavy (non-hydrogen) atoms. The van der Waals surface area contributed by atoms with Crippen molar-refractivity contribution in [3.63, 3.8) is 0 Å². The Hall–Kier alpha value is -3.46. The van der Waals surface area contributed by atoms with Crippen molar-refractivity contribution in [3.8, 4) is 11.5 Å². The van der Waals surface area contributed by atoms with Gasteiger partial charge in [0.15, 0.2) is 0 Å². The van der Waals surface area contributed by atoms with E-state index in [-0.39, 0.29) is 34.9 Å². The molecule has 0 amide bonds. The molecule has 15 heteroatoms. The molecule has 0 aliphatic carbocycles. The highest BCUT2D eigenvalue weighted by molar-refractivity contribution is 7.89. The van der Waals surface area contributed by atoms with Gasteiger partial charge in [0, 0.05) is 30.8 Å². The summed E-state index contributed by atoms with van der Waals surface area (Å²) in [6.07, 6.45) is 0. The summed E-state index contributed by atoms with van der Waals surface area (Å²) < 4.78 is 85.5. The molecule has 2 aromatic rings. The number of rotatable bonds is 12. The lowest BCUT2D eigenvalue weighted by molar-refractivity contribution is -0.384. The largest absolute Gasteiger partial charge is 0.435 e. The molecule has 2 rings (SSSR count). The van der Waals surface area contributed by atoms with Gasteiger partial charge < -0.3 is 9.47 Å². The number of alkyl halides is 4. The Morgan fingerprint density at radius 3 is 2.26 bits per heavy atom. The fraction of sp³-hybridized carbons (Fsp3) is 0.350. The molecule has 0 unspecified atom stereocenters. The van der Waals surface area contributed by atoms with Crippen molar-refractivity contribution in [1.29, 1.82) is 0 Å². The summed E-state index contributed by atoms with van der Waals surface area (Å²) in [5.74, 6) is -0.947. The van der Waals surface area contributed by atoms with Crippen molar-refractivity contribution in [2.45, 2.75) is 38.9 Å². The van der Waals surface area contributed by atoms with E-state index < -0.39 is 45.4 Å². The predicted molar refractivity (Wildman–Crippen MR) is 119 cm³/mol. The fourth-order valence-electron chi connectivity index (χ4n) is 3.01. The Morgan fingerprint density at radius 2 is 1.71 bits per heavy atom. The number of hydrazone groups is 1. The maximum absolute atomic E-state index is 12.8. The second-order valence-corrected chi connectivity index (χ2v) is 8.69. The molecule has 0 radical (unpaired) electrons. The summed E-state index contributed by atoms with van der Waals surface area (Å²) in [6.45, 7) is -1.54. The van der Waals surface area contributed by atoms with E-state index in [4.69, 9.17) is 0 Å². The topological polar surface area (TPSA) is 123 Å². The fourth-order valence-corrected chi connectivity index (χ4v) is 4.48. The molecular weight excluding hydrogens is 500 g/mol. The van der Waals surface area contributed by atoms with E-state index in [9.17, 15) is 36.1 Å². The number of nitrogens with one attached hydrogen (secondary N) is 1. The van der Waals surface area contributed by atoms with E-state index in [2.05, 4.69) is 20.0 Å². The average Bonchev–Trinajstić information content (AvgIpc) is 2.77. The van der Waals surface area contributed by atoms with Crippen LogP contribution < -0.4 is 14.9 Å². The van der Waals surface area contributed by atoms with Gasteiger partial charge in [-0.15, -0.1) is 0 Å². The minimum Gasteiger partial charge on any atom is -0.435 e. The Bertz CT molecular complexity index is 1190. The molecule has 10 nitrogen and oxygen atoms in total. The zero-order valence-electron chi connectivity index (χ0n) is 18.7. The van der Waals surface area contributed by atoms with Crippen LogP contribution in [0.2, 0.25) is 0 Å². The lowest BCUT2D eigenvalue weighted by atomic mass is 10.1. The molecule has 0 fully saturated rings. The lowest BCUT2D eigenvalue weighted by Crippen LogP contribution is -2.30.